The van der Waals surface area contributed by atoms with Crippen LogP contribution in [0.3, 0.4) is 0 Å². The lowest BCUT2D eigenvalue weighted by Gasteiger charge is -2.28. The van der Waals surface area contributed by atoms with Crippen molar-refractivity contribution < 1.29 is 4.74 Å². The Morgan fingerprint density at radius 3 is 3.14 bits per heavy atom. The summed E-state index contributed by atoms with van der Waals surface area (Å²) in [6.07, 6.45) is 2.03. The number of rotatable bonds is 2. The molecule has 1 aromatic rings. The summed E-state index contributed by atoms with van der Waals surface area (Å²) in [5.74, 6) is 0.481. The third-order valence-electron chi connectivity index (χ3n) is 2.71. The van der Waals surface area contributed by atoms with E-state index >= 15 is 0 Å². The van der Waals surface area contributed by atoms with Crippen molar-refractivity contribution in [2.75, 3.05) is 13.2 Å². The largest absolute Gasteiger partial charge is 0.381 e. The lowest BCUT2D eigenvalue weighted by Crippen LogP contribution is -2.39. The molecule has 0 aromatic carbocycles. The highest BCUT2D eigenvalue weighted by Gasteiger charge is 2.23. The Hall–Kier alpha value is 0.100. The van der Waals surface area contributed by atoms with Gasteiger partial charge in [-0.25, -0.2) is 0 Å². The number of thiophene rings is 1. The first-order chi connectivity index (χ1) is 6.77. The van der Waals surface area contributed by atoms with E-state index in [-0.39, 0.29) is 0 Å². The van der Waals surface area contributed by atoms with Crippen molar-refractivity contribution in [1.29, 1.82) is 0 Å². The standard InChI is InChI=1S/C10H14BrNOS/c11-10-7(2-4-14-10)5-8-6-13-3-1-9(8)12/h2,4,8-9H,1,3,5-6,12H2. The van der Waals surface area contributed by atoms with Gasteiger partial charge < -0.3 is 10.5 Å². The number of hydrogen-bond acceptors (Lipinski definition) is 3. The minimum atomic E-state index is 0.301. The van der Waals surface area contributed by atoms with Gasteiger partial charge in [0, 0.05) is 18.6 Å². The molecule has 0 spiro atoms. The first kappa shape index (κ1) is 10.6. The van der Waals surface area contributed by atoms with Gasteiger partial charge in [-0.2, -0.15) is 0 Å². The van der Waals surface area contributed by atoms with Crippen LogP contribution < -0.4 is 5.73 Å². The van der Waals surface area contributed by atoms with Gasteiger partial charge in [-0.05, 0) is 45.8 Å². The van der Waals surface area contributed by atoms with Gasteiger partial charge in [-0.3, -0.25) is 0 Å². The van der Waals surface area contributed by atoms with Gasteiger partial charge in [-0.1, -0.05) is 0 Å². The van der Waals surface area contributed by atoms with Crippen LogP contribution in [0.5, 0.6) is 0 Å². The number of nitrogens with two attached hydrogens (primary N) is 1. The van der Waals surface area contributed by atoms with Crippen molar-refractivity contribution in [3.05, 3.63) is 20.8 Å². The van der Waals surface area contributed by atoms with Crippen LogP contribution in [-0.2, 0) is 11.2 Å². The molecule has 1 fully saturated rings. The lowest BCUT2D eigenvalue weighted by atomic mass is 9.91. The van der Waals surface area contributed by atoms with Crippen LogP contribution in [-0.4, -0.2) is 19.3 Å². The first-order valence-electron chi connectivity index (χ1n) is 4.82. The SMILES string of the molecule is NC1CCOCC1Cc1ccsc1Br. The molecule has 78 valence electrons. The maximum atomic E-state index is 6.05. The third-order valence-corrected chi connectivity index (χ3v) is 4.52. The predicted molar refractivity (Wildman–Crippen MR) is 62.6 cm³/mol. The Morgan fingerprint density at radius 2 is 2.50 bits per heavy atom. The summed E-state index contributed by atoms with van der Waals surface area (Å²) >= 11 is 5.28. The zero-order chi connectivity index (χ0) is 9.97. The van der Waals surface area contributed by atoms with Crippen LogP contribution in [0.15, 0.2) is 15.2 Å². The Balaban J connectivity index is 1.99. The van der Waals surface area contributed by atoms with E-state index in [1.807, 2.05) is 0 Å². The minimum Gasteiger partial charge on any atom is -0.381 e. The summed E-state index contributed by atoms with van der Waals surface area (Å²) < 4.78 is 6.68. The van der Waals surface area contributed by atoms with E-state index in [0.717, 1.165) is 26.1 Å². The second-order valence-electron chi connectivity index (χ2n) is 3.71. The van der Waals surface area contributed by atoms with Crippen LogP contribution in [0.1, 0.15) is 12.0 Å². The average molecular weight is 276 g/mol. The Bertz CT molecular complexity index is 302. The molecule has 0 amide bonds. The summed E-state index contributed by atoms with van der Waals surface area (Å²) in [6, 6.07) is 2.46. The second kappa shape index (κ2) is 4.75. The molecule has 1 aliphatic rings. The number of halogens is 1. The zero-order valence-corrected chi connectivity index (χ0v) is 10.3. The summed E-state index contributed by atoms with van der Waals surface area (Å²) in [7, 11) is 0. The monoisotopic (exact) mass is 275 g/mol. The van der Waals surface area contributed by atoms with Crippen LogP contribution in [0.4, 0.5) is 0 Å². The third kappa shape index (κ3) is 2.37. The highest BCUT2D eigenvalue weighted by Crippen LogP contribution is 2.27. The van der Waals surface area contributed by atoms with Crippen molar-refractivity contribution in [2.24, 2.45) is 11.7 Å². The van der Waals surface area contributed by atoms with Crippen molar-refractivity contribution in [2.45, 2.75) is 18.9 Å². The van der Waals surface area contributed by atoms with Crippen molar-refractivity contribution in [1.82, 2.24) is 0 Å². The number of ether oxygens (including phenoxy) is 1. The highest BCUT2D eigenvalue weighted by molar-refractivity contribution is 9.11. The van der Waals surface area contributed by atoms with E-state index < -0.39 is 0 Å². The van der Waals surface area contributed by atoms with Crippen molar-refractivity contribution in [3.63, 3.8) is 0 Å². The molecule has 1 saturated heterocycles. The van der Waals surface area contributed by atoms with Gasteiger partial charge in [0.1, 0.15) is 0 Å². The second-order valence-corrected chi connectivity index (χ2v) is 5.95. The van der Waals surface area contributed by atoms with Crippen molar-refractivity contribution in [3.8, 4) is 0 Å². The summed E-state index contributed by atoms with van der Waals surface area (Å²) in [6.45, 7) is 1.63. The molecular formula is C10H14BrNOS. The maximum absolute atomic E-state index is 6.05. The molecule has 14 heavy (non-hydrogen) atoms. The van der Waals surface area contributed by atoms with E-state index in [2.05, 4.69) is 27.4 Å². The van der Waals surface area contributed by atoms with Gasteiger partial charge in [0.25, 0.3) is 0 Å². The maximum Gasteiger partial charge on any atom is 0.0730 e. The molecule has 0 radical (unpaired) electrons. The smallest absolute Gasteiger partial charge is 0.0730 e. The molecular weight excluding hydrogens is 262 g/mol. The Kier molecular flexibility index (Phi) is 3.60. The first-order valence-corrected chi connectivity index (χ1v) is 6.50. The normalized spacial score (nSPS) is 27.9. The molecule has 2 nitrogen and oxygen atoms in total. The Labute approximate surface area is 96.6 Å². The molecule has 2 atom stereocenters. The van der Waals surface area contributed by atoms with Crippen LogP contribution in [0, 0.1) is 5.92 Å². The lowest BCUT2D eigenvalue weighted by molar-refractivity contribution is 0.0422. The van der Waals surface area contributed by atoms with E-state index in [0.29, 0.717) is 12.0 Å². The van der Waals surface area contributed by atoms with Gasteiger partial charge >= 0.3 is 0 Å². The van der Waals surface area contributed by atoms with Crippen molar-refractivity contribution >= 4 is 27.3 Å². The molecule has 1 aromatic heterocycles. The summed E-state index contributed by atoms with van der Waals surface area (Å²) in [5, 5.41) is 2.11. The fourth-order valence-electron chi connectivity index (χ4n) is 1.77. The van der Waals surface area contributed by atoms with Gasteiger partial charge in [0.2, 0.25) is 0 Å². The fourth-order valence-corrected chi connectivity index (χ4v) is 3.04. The zero-order valence-electron chi connectivity index (χ0n) is 7.91. The van der Waals surface area contributed by atoms with E-state index in [1.165, 1.54) is 9.35 Å². The van der Waals surface area contributed by atoms with Crippen LogP contribution in [0.25, 0.3) is 0 Å². The fraction of sp³-hybridized carbons (Fsp3) is 0.600. The van der Waals surface area contributed by atoms with Gasteiger partial charge in [0.15, 0.2) is 0 Å². The molecule has 0 bridgehead atoms. The Morgan fingerprint density at radius 1 is 1.64 bits per heavy atom. The van der Waals surface area contributed by atoms with E-state index in [9.17, 15) is 0 Å². The van der Waals surface area contributed by atoms with Crippen LogP contribution >= 0.6 is 27.3 Å². The topological polar surface area (TPSA) is 35.2 Å². The molecule has 1 aliphatic heterocycles. The van der Waals surface area contributed by atoms with Gasteiger partial charge in [0.05, 0.1) is 10.4 Å². The predicted octanol–water partition coefficient (Wildman–Crippen LogP) is 2.42. The molecule has 0 aliphatic carbocycles. The summed E-state index contributed by atoms with van der Waals surface area (Å²) in [5.41, 5.74) is 7.42. The minimum absolute atomic E-state index is 0.301. The van der Waals surface area contributed by atoms with Gasteiger partial charge in [-0.15, -0.1) is 11.3 Å². The average Bonchev–Trinajstić information content (AvgIpc) is 2.56. The van der Waals surface area contributed by atoms with E-state index in [1.54, 1.807) is 11.3 Å². The molecule has 2 N–H and O–H groups in total. The molecule has 4 heteroatoms. The van der Waals surface area contributed by atoms with Crippen LogP contribution in [0.2, 0.25) is 0 Å². The quantitative estimate of drug-likeness (QED) is 0.900. The summed E-state index contributed by atoms with van der Waals surface area (Å²) in [4.78, 5) is 0. The highest BCUT2D eigenvalue weighted by atomic mass is 79.9. The molecule has 2 rings (SSSR count). The molecule has 0 saturated carbocycles. The number of hydrogen-bond donors (Lipinski definition) is 1. The molecule has 2 heterocycles. The molecule has 2 unspecified atom stereocenters. The van der Waals surface area contributed by atoms with E-state index in [4.69, 9.17) is 10.5 Å².